The summed E-state index contributed by atoms with van der Waals surface area (Å²) in [5.74, 6) is -1.69. The summed E-state index contributed by atoms with van der Waals surface area (Å²) in [5.41, 5.74) is 0.443. The third-order valence-electron chi connectivity index (χ3n) is 5.95. The number of anilines is 1. The molecule has 7 nitrogen and oxygen atoms in total. The Kier molecular flexibility index (Phi) is 9.74. The number of benzene rings is 3. The molecule has 0 aliphatic heterocycles. The van der Waals surface area contributed by atoms with Crippen LogP contribution in [-0.2, 0) is 26.0 Å². The number of amides is 2. The maximum absolute atomic E-state index is 13.9. The first-order chi connectivity index (χ1) is 18.3. The highest BCUT2D eigenvalue weighted by Gasteiger charge is 2.33. The smallest absolute Gasteiger partial charge is 0.264 e. The first-order valence-corrected chi connectivity index (χ1v) is 14.3. The van der Waals surface area contributed by atoms with Gasteiger partial charge in [0.05, 0.1) is 15.6 Å². The summed E-state index contributed by atoms with van der Waals surface area (Å²) in [7, 11) is -4.25. The van der Waals surface area contributed by atoms with Gasteiger partial charge in [0.1, 0.15) is 18.4 Å². The van der Waals surface area contributed by atoms with Crippen LogP contribution in [0.25, 0.3) is 0 Å². The second kappa shape index (κ2) is 12.6. The molecule has 1 N–H and O–H groups in total. The van der Waals surface area contributed by atoms with Gasteiger partial charge >= 0.3 is 0 Å². The van der Waals surface area contributed by atoms with Crippen LogP contribution in [0.1, 0.15) is 33.3 Å². The maximum atomic E-state index is 13.9. The molecule has 10 heteroatoms. The van der Waals surface area contributed by atoms with E-state index in [1.54, 1.807) is 25.1 Å². The van der Waals surface area contributed by atoms with E-state index in [2.05, 4.69) is 5.32 Å². The summed E-state index contributed by atoms with van der Waals surface area (Å²) in [4.78, 5) is 28.2. The van der Waals surface area contributed by atoms with Gasteiger partial charge in [-0.2, -0.15) is 0 Å². The van der Waals surface area contributed by atoms with Crippen molar-refractivity contribution in [1.29, 1.82) is 0 Å². The lowest BCUT2D eigenvalue weighted by Gasteiger charge is -2.33. The van der Waals surface area contributed by atoms with Crippen molar-refractivity contribution in [1.82, 2.24) is 10.2 Å². The number of carbonyl (C=O) groups is 2. The third kappa shape index (κ3) is 8.03. The summed E-state index contributed by atoms with van der Waals surface area (Å²) in [5, 5.41) is 2.60. The molecular weight excluding hydrogens is 541 g/mol. The molecule has 0 fully saturated rings. The van der Waals surface area contributed by atoms with E-state index >= 15 is 0 Å². The molecule has 0 bridgehead atoms. The standard InChI is InChI=1S/C29H33ClFN3O4S/c1-21(28(36)32-29(2,3)4)33(18-17-22-11-7-5-8-12-22)27(35)20-34(23-15-16-26(31)25(30)19-23)39(37,38)24-13-9-6-10-14-24/h5-16,19,21H,17-18,20H2,1-4H3,(H,32,36)/t21-/m0/s1. The Bertz CT molecular complexity index is 1400. The largest absolute Gasteiger partial charge is 0.350 e. The minimum atomic E-state index is -4.25. The van der Waals surface area contributed by atoms with Crippen LogP contribution in [0.5, 0.6) is 0 Å². The second-order valence-electron chi connectivity index (χ2n) is 10.2. The van der Waals surface area contributed by atoms with Gasteiger partial charge in [-0.1, -0.05) is 60.1 Å². The van der Waals surface area contributed by atoms with Gasteiger partial charge in [-0.15, -0.1) is 0 Å². The van der Waals surface area contributed by atoms with E-state index in [0.29, 0.717) is 6.42 Å². The number of hydrogen-bond donors (Lipinski definition) is 1. The van der Waals surface area contributed by atoms with Crippen LogP contribution in [0.4, 0.5) is 10.1 Å². The van der Waals surface area contributed by atoms with Gasteiger partial charge in [0, 0.05) is 12.1 Å². The van der Waals surface area contributed by atoms with Gasteiger partial charge in [-0.25, -0.2) is 12.8 Å². The SMILES string of the molecule is C[C@@H](C(=O)NC(C)(C)C)N(CCc1ccccc1)C(=O)CN(c1ccc(F)c(Cl)c1)S(=O)(=O)c1ccccc1. The summed E-state index contributed by atoms with van der Waals surface area (Å²) >= 11 is 5.98. The van der Waals surface area contributed by atoms with Crippen LogP contribution in [0.3, 0.4) is 0 Å². The Balaban J connectivity index is 2.00. The average Bonchev–Trinajstić information content (AvgIpc) is 2.89. The Morgan fingerprint density at radius 1 is 0.974 bits per heavy atom. The fourth-order valence-electron chi connectivity index (χ4n) is 3.93. The quantitative estimate of drug-likeness (QED) is 0.368. The van der Waals surface area contributed by atoms with Gasteiger partial charge in [-0.3, -0.25) is 13.9 Å². The number of halogens is 2. The summed E-state index contributed by atoms with van der Waals surface area (Å²) in [6.45, 7) is 6.65. The van der Waals surface area contributed by atoms with Crippen molar-refractivity contribution in [3.8, 4) is 0 Å². The Morgan fingerprint density at radius 2 is 1.56 bits per heavy atom. The van der Waals surface area contributed by atoms with E-state index in [9.17, 15) is 22.4 Å². The van der Waals surface area contributed by atoms with E-state index in [4.69, 9.17) is 11.6 Å². The molecule has 0 saturated heterocycles. The molecule has 1 atom stereocenters. The van der Waals surface area contributed by atoms with Gasteiger partial charge in [0.2, 0.25) is 11.8 Å². The van der Waals surface area contributed by atoms with Crippen LogP contribution < -0.4 is 9.62 Å². The molecule has 3 rings (SSSR count). The number of sulfonamides is 1. The maximum Gasteiger partial charge on any atom is 0.264 e. The molecule has 208 valence electrons. The van der Waals surface area contributed by atoms with E-state index < -0.39 is 39.9 Å². The van der Waals surface area contributed by atoms with E-state index in [1.807, 2.05) is 51.1 Å². The Hall–Kier alpha value is -3.43. The molecule has 2 amide bonds. The van der Waals surface area contributed by atoms with Gasteiger partial charge in [-0.05, 0) is 70.0 Å². The predicted octanol–water partition coefficient (Wildman–Crippen LogP) is 5.05. The highest BCUT2D eigenvalue weighted by Crippen LogP contribution is 2.28. The zero-order valence-corrected chi connectivity index (χ0v) is 24.0. The van der Waals surface area contributed by atoms with Crippen molar-refractivity contribution >= 4 is 39.1 Å². The van der Waals surface area contributed by atoms with Crippen LogP contribution >= 0.6 is 11.6 Å². The summed E-state index contributed by atoms with van der Waals surface area (Å²) in [6.07, 6.45) is 0.452. The minimum absolute atomic E-state index is 0.0217. The number of nitrogens with zero attached hydrogens (tertiary/aromatic N) is 2. The van der Waals surface area contributed by atoms with Crippen LogP contribution in [0.15, 0.2) is 83.8 Å². The van der Waals surface area contributed by atoms with Crippen molar-refractivity contribution < 1.29 is 22.4 Å². The molecular formula is C29H33ClFN3O4S. The molecule has 3 aromatic carbocycles. The zero-order chi connectivity index (χ0) is 28.8. The van der Waals surface area contributed by atoms with Crippen molar-refractivity contribution in [2.24, 2.45) is 0 Å². The van der Waals surface area contributed by atoms with Crippen molar-refractivity contribution in [3.05, 3.63) is 95.3 Å². The first-order valence-electron chi connectivity index (χ1n) is 12.5. The highest BCUT2D eigenvalue weighted by molar-refractivity contribution is 7.92. The molecule has 0 aliphatic carbocycles. The monoisotopic (exact) mass is 573 g/mol. The van der Waals surface area contributed by atoms with Crippen LogP contribution in [0, 0.1) is 5.82 Å². The molecule has 0 radical (unpaired) electrons. The lowest BCUT2D eigenvalue weighted by molar-refractivity contribution is -0.139. The predicted molar refractivity (Wildman–Crippen MR) is 152 cm³/mol. The van der Waals surface area contributed by atoms with Gasteiger partial charge in [0.15, 0.2) is 0 Å². The first kappa shape index (κ1) is 30.1. The second-order valence-corrected chi connectivity index (χ2v) is 12.4. The van der Waals surface area contributed by atoms with Crippen molar-refractivity contribution in [2.75, 3.05) is 17.4 Å². The Labute approximate surface area is 234 Å². The van der Waals surface area contributed by atoms with E-state index in [0.717, 1.165) is 22.0 Å². The third-order valence-corrected chi connectivity index (χ3v) is 8.03. The zero-order valence-electron chi connectivity index (χ0n) is 22.4. The lowest BCUT2D eigenvalue weighted by Crippen LogP contribution is -2.55. The summed E-state index contributed by atoms with van der Waals surface area (Å²) in [6, 6.07) is 19.6. The normalized spacial score (nSPS) is 12.5. The number of nitrogens with one attached hydrogen (secondary N) is 1. The molecule has 3 aromatic rings. The van der Waals surface area contributed by atoms with E-state index in [-0.39, 0.29) is 28.1 Å². The van der Waals surface area contributed by atoms with Crippen LogP contribution in [0.2, 0.25) is 5.02 Å². The molecule has 0 heterocycles. The molecule has 0 aliphatic rings. The number of rotatable bonds is 10. The lowest BCUT2D eigenvalue weighted by atomic mass is 10.1. The fraction of sp³-hybridized carbons (Fsp3) is 0.310. The van der Waals surface area contributed by atoms with Gasteiger partial charge < -0.3 is 10.2 Å². The minimum Gasteiger partial charge on any atom is -0.350 e. The van der Waals surface area contributed by atoms with E-state index in [1.165, 1.54) is 23.1 Å². The number of hydrogen-bond acceptors (Lipinski definition) is 4. The number of carbonyl (C=O) groups excluding carboxylic acids is 2. The Morgan fingerprint density at radius 3 is 2.13 bits per heavy atom. The topological polar surface area (TPSA) is 86.8 Å². The summed E-state index contributed by atoms with van der Waals surface area (Å²) < 4.78 is 42.2. The molecule has 0 unspecified atom stereocenters. The van der Waals surface area contributed by atoms with Crippen molar-refractivity contribution in [2.45, 2.75) is 50.6 Å². The molecule has 0 aromatic heterocycles. The van der Waals surface area contributed by atoms with Crippen molar-refractivity contribution in [3.63, 3.8) is 0 Å². The molecule has 39 heavy (non-hydrogen) atoms. The molecule has 0 spiro atoms. The van der Waals surface area contributed by atoms with Crippen LogP contribution in [-0.4, -0.2) is 49.8 Å². The fourth-order valence-corrected chi connectivity index (χ4v) is 5.53. The highest BCUT2D eigenvalue weighted by atomic mass is 35.5. The average molecular weight is 574 g/mol. The molecule has 0 saturated carbocycles. The van der Waals surface area contributed by atoms with Gasteiger partial charge in [0.25, 0.3) is 10.0 Å².